The minimum absolute atomic E-state index is 0.110. The molecule has 0 aromatic heterocycles. The zero-order valence-electron chi connectivity index (χ0n) is 11.6. The van der Waals surface area contributed by atoms with Gasteiger partial charge in [-0.3, -0.25) is 0 Å². The summed E-state index contributed by atoms with van der Waals surface area (Å²) in [6.07, 6.45) is 1.67. The Morgan fingerprint density at radius 1 is 1.00 bits per heavy atom. The molecule has 2 aromatic carbocycles. The Hall–Kier alpha value is -1.19. The molecule has 2 rings (SSSR count). The van der Waals surface area contributed by atoms with Crippen molar-refractivity contribution in [3.8, 4) is 0 Å². The monoisotopic (exact) mass is 335 g/mol. The molecule has 3 heteroatoms. The van der Waals surface area contributed by atoms with E-state index in [1.807, 2.05) is 31.3 Å². The predicted octanol–water partition coefficient (Wildman–Crippen LogP) is 4.21. The number of halogens is 2. The van der Waals surface area contributed by atoms with Crippen molar-refractivity contribution in [3.63, 3.8) is 0 Å². The lowest BCUT2D eigenvalue weighted by Crippen LogP contribution is -2.23. The average Bonchev–Trinajstić information content (AvgIpc) is 2.44. The second-order valence-corrected chi connectivity index (χ2v) is 5.87. The molecule has 0 amide bonds. The molecule has 0 aliphatic rings. The summed E-state index contributed by atoms with van der Waals surface area (Å²) < 4.78 is 14.9. The highest BCUT2D eigenvalue weighted by Crippen LogP contribution is 2.22. The van der Waals surface area contributed by atoms with Gasteiger partial charge in [-0.2, -0.15) is 0 Å². The van der Waals surface area contributed by atoms with Crippen LogP contribution in [0.2, 0.25) is 0 Å². The lowest BCUT2D eigenvalue weighted by Gasteiger charge is -2.18. The molecule has 0 radical (unpaired) electrons. The van der Waals surface area contributed by atoms with Crippen molar-refractivity contribution in [1.29, 1.82) is 0 Å². The Morgan fingerprint density at radius 3 is 2.25 bits per heavy atom. The van der Waals surface area contributed by atoms with Crippen LogP contribution in [-0.2, 0) is 12.8 Å². The van der Waals surface area contributed by atoms with Crippen LogP contribution in [0.15, 0.2) is 53.0 Å². The summed E-state index contributed by atoms with van der Waals surface area (Å²) in [5, 5.41) is 3.21. The number of nitrogens with one attached hydrogen (secondary N) is 1. The Balaban J connectivity index is 2.12. The summed E-state index contributed by atoms with van der Waals surface area (Å²) in [5.41, 5.74) is 2.06. The van der Waals surface area contributed by atoms with E-state index in [4.69, 9.17) is 0 Å². The Labute approximate surface area is 128 Å². The molecule has 106 valence electrons. The third-order valence-corrected chi connectivity index (χ3v) is 4.20. The highest BCUT2D eigenvalue weighted by atomic mass is 79.9. The summed E-state index contributed by atoms with van der Waals surface area (Å²) in [7, 11) is 1.94. The molecule has 1 nitrogen and oxygen atoms in total. The van der Waals surface area contributed by atoms with Gasteiger partial charge in [-0.05, 0) is 55.6 Å². The highest BCUT2D eigenvalue weighted by Gasteiger charge is 2.13. The first-order valence-electron chi connectivity index (χ1n) is 6.82. The Kier molecular flexibility index (Phi) is 5.74. The molecule has 0 spiro atoms. The van der Waals surface area contributed by atoms with Gasteiger partial charge in [-0.1, -0.05) is 52.3 Å². The normalized spacial score (nSPS) is 12.3. The van der Waals surface area contributed by atoms with Gasteiger partial charge >= 0.3 is 0 Å². The van der Waals surface area contributed by atoms with Gasteiger partial charge in [0.2, 0.25) is 0 Å². The first-order chi connectivity index (χ1) is 9.70. The second-order valence-electron chi connectivity index (χ2n) is 5.01. The number of benzene rings is 2. The zero-order valence-corrected chi connectivity index (χ0v) is 13.2. The SMILES string of the molecule is CNCC(Cc1ccccc1F)Cc1ccccc1Br. The van der Waals surface area contributed by atoms with Crippen LogP contribution < -0.4 is 5.32 Å². The molecular weight excluding hydrogens is 317 g/mol. The molecule has 20 heavy (non-hydrogen) atoms. The Morgan fingerprint density at radius 2 is 1.60 bits per heavy atom. The summed E-state index contributed by atoms with van der Waals surface area (Å²) in [4.78, 5) is 0. The van der Waals surface area contributed by atoms with Gasteiger partial charge in [-0.15, -0.1) is 0 Å². The van der Waals surface area contributed by atoms with Crippen molar-refractivity contribution in [2.45, 2.75) is 12.8 Å². The van der Waals surface area contributed by atoms with Gasteiger partial charge in [0.15, 0.2) is 0 Å². The molecule has 0 saturated carbocycles. The molecule has 0 fully saturated rings. The smallest absolute Gasteiger partial charge is 0.126 e. The molecule has 1 N–H and O–H groups in total. The molecule has 1 atom stereocenters. The largest absolute Gasteiger partial charge is 0.319 e. The van der Waals surface area contributed by atoms with Gasteiger partial charge in [0, 0.05) is 4.47 Å². The van der Waals surface area contributed by atoms with Crippen LogP contribution in [0.1, 0.15) is 11.1 Å². The molecule has 2 aromatic rings. The van der Waals surface area contributed by atoms with Crippen molar-refractivity contribution in [2.75, 3.05) is 13.6 Å². The molecular formula is C17H19BrFN. The van der Waals surface area contributed by atoms with Gasteiger partial charge in [-0.25, -0.2) is 4.39 Å². The molecule has 0 heterocycles. The minimum atomic E-state index is -0.110. The van der Waals surface area contributed by atoms with Crippen LogP contribution in [0, 0.1) is 11.7 Å². The van der Waals surface area contributed by atoms with Gasteiger partial charge < -0.3 is 5.32 Å². The van der Waals surface area contributed by atoms with Crippen LogP contribution in [-0.4, -0.2) is 13.6 Å². The maximum absolute atomic E-state index is 13.8. The summed E-state index contributed by atoms with van der Waals surface area (Å²) >= 11 is 3.58. The zero-order chi connectivity index (χ0) is 14.4. The third-order valence-electron chi connectivity index (χ3n) is 3.43. The molecule has 0 bridgehead atoms. The predicted molar refractivity (Wildman–Crippen MR) is 85.4 cm³/mol. The topological polar surface area (TPSA) is 12.0 Å². The van der Waals surface area contributed by atoms with Crippen LogP contribution in [0.5, 0.6) is 0 Å². The van der Waals surface area contributed by atoms with E-state index in [0.717, 1.165) is 29.4 Å². The highest BCUT2D eigenvalue weighted by molar-refractivity contribution is 9.10. The van der Waals surface area contributed by atoms with Crippen LogP contribution in [0.3, 0.4) is 0 Å². The fourth-order valence-electron chi connectivity index (χ4n) is 2.46. The summed E-state index contributed by atoms with van der Waals surface area (Å²) in [6, 6.07) is 15.3. The van der Waals surface area contributed by atoms with E-state index in [2.05, 4.69) is 33.4 Å². The van der Waals surface area contributed by atoms with E-state index in [-0.39, 0.29) is 5.82 Å². The van der Waals surface area contributed by atoms with Crippen molar-refractivity contribution >= 4 is 15.9 Å². The van der Waals surface area contributed by atoms with E-state index >= 15 is 0 Å². The first-order valence-corrected chi connectivity index (χ1v) is 7.61. The van der Waals surface area contributed by atoms with Crippen LogP contribution in [0.4, 0.5) is 4.39 Å². The fourth-order valence-corrected chi connectivity index (χ4v) is 2.90. The number of hydrogen-bond acceptors (Lipinski definition) is 1. The molecule has 1 unspecified atom stereocenters. The van der Waals surface area contributed by atoms with Gasteiger partial charge in [0.25, 0.3) is 0 Å². The lowest BCUT2D eigenvalue weighted by atomic mass is 9.92. The average molecular weight is 336 g/mol. The number of hydrogen-bond donors (Lipinski definition) is 1. The third kappa shape index (κ3) is 4.15. The Bertz CT molecular complexity index is 509. The van der Waals surface area contributed by atoms with Crippen molar-refractivity contribution in [3.05, 3.63) is 69.9 Å². The molecule has 0 saturated heterocycles. The summed E-state index contributed by atoms with van der Waals surface area (Å²) in [5.74, 6) is 0.260. The molecule has 0 aliphatic heterocycles. The van der Waals surface area contributed by atoms with Crippen LogP contribution >= 0.6 is 15.9 Å². The van der Waals surface area contributed by atoms with E-state index < -0.39 is 0 Å². The molecule has 0 aliphatic carbocycles. The summed E-state index contributed by atoms with van der Waals surface area (Å²) in [6.45, 7) is 0.871. The minimum Gasteiger partial charge on any atom is -0.319 e. The first kappa shape index (κ1) is 15.2. The van der Waals surface area contributed by atoms with Gasteiger partial charge in [0.05, 0.1) is 0 Å². The number of rotatable bonds is 6. The van der Waals surface area contributed by atoms with Crippen molar-refractivity contribution in [1.82, 2.24) is 5.32 Å². The van der Waals surface area contributed by atoms with E-state index in [1.54, 1.807) is 6.07 Å². The quantitative estimate of drug-likeness (QED) is 0.833. The maximum Gasteiger partial charge on any atom is 0.126 e. The van der Waals surface area contributed by atoms with Crippen molar-refractivity contribution < 1.29 is 4.39 Å². The van der Waals surface area contributed by atoms with Crippen molar-refractivity contribution in [2.24, 2.45) is 5.92 Å². The van der Waals surface area contributed by atoms with E-state index in [0.29, 0.717) is 5.92 Å². The second kappa shape index (κ2) is 7.55. The lowest BCUT2D eigenvalue weighted by molar-refractivity contribution is 0.479. The van der Waals surface area contributed by atoms with Crippen LogP contribution in [0.25, 0.3) is 0 Å². The fraction of sp³-hybridized carbons (Fsp3) is 0.294. The van der Waals surface area contributed by atoms with E-state index in [9.17, 15) is 4.39 Å². The van der Waals surface area contributed by atoms with E-state index in [1.165, 1.54) is 11.6 Å². The maximum atomic E-state index is 13.8. The van der Waals surface area contributed by atoms with Gasteiger partial charge in [0.1, 0.15) is 5.82 Å². The standard InChI is InChI=1S/C17H19BrFN/c1-20-12-13(10-14-6-2-4-8-16(14)18)11-15-7-3-5-9-17(15)19/h2-9,13,20H,10-12H2,1H3.